The molecule has 1 saturated heterocycles. The fraction of sp³-hybridized carbons (Fsp3) is 0.208. The van der Waals surface area contributed by atoms with E-state index in [1.165, 1.54) is 0 Å². The van der Waals surface area contributed by atoms with Gasteiger partial charge in [0.2, 0.25) is 17.7 Å². The maximum Gasteiger partial charge on any atom is 0.574 e. The second-order valence-corrected chi connectivity index (χ2v) is 7.51. The Bertz CT molecular complexity index is 1210. The van der Waals surface area contributed by atoms with E-state index in [1.807, 2.05) is 18.2 Å². The number of morpholine rings is 1. The van der Waals surface area contributed by atoms with E-state index in [-0.39, 0.29) is 11.6 Å². The SMILES string of the molecule is C=CC(=O)Nc1cccc(-c2cc(OC(F)(F)F)nc(Nc3cccc(N4CCOCC4)c3)n2)c1. The van der Waals surface area contributed by atoms with Gasteiger partial charge in [-0.25, -0.2) is 4.98 Å². The number of aromatic nitrogens is 2. The van der Waals surface area contributed by atoms with Gasteiger partial charge in [0.25, 0.3) is 0 Å². The molecule has 0 bridgehead atoms. The topological polar surface area (TPSA) is 88.6 Å². The molecule has 11 heteroatoms. The van der Waals surface area contributed by atoms with Gasteiger partial charge < -0.3 is 25.0 Å². The van der Waals surface area contributed by atoms with E-state index < -0.39 is 18.1 Å². The van der Waals surface area contributed by atoms with E-state index in [0.29, 0.717) is 30.2 Å². The van der Waals surface area contributed by atoms with E-state index in [1.54, 1.807) is 30.3 Å². The molecule has 2 aromatic carbocycles. The highest BCUT2D eigenvalue weighted by atomic mass is 19.4. The van der Waals surface area contributed by atoms with Crippen molar-refractivity contribution >= 4 is 28.9 Å². The third-order valence-electron chi connectivity index (χ3n) is 5.01. The van der Waals surface area contributed by atoms with Crippen LogP contribution in [0, 0.1) is 0 Å². The van der Waals surface area contributed by atoms with Crippen molar-refractivity contribution in [2.24, 2.45) is 0 Å². The lowest BCUT2D eigenvalue weighted by Gasteiger charge is -2.29. The van der Waals surface area contributed by atoms with Crippen LogP contribution in [0.1, 0.15) is 0 Å². The van der Waals surface area contributed by atoms with Crippen LogP contribution < -0.4 is 20.3 Å². The smallest absolute Gasteiger partial charge is 0.388 e. The Kier molecular flexibility index (Phi) is 7.16. The number of benzene rings is 2. The summed E-state index contributed by atoms with van der Waals surface area (Å²) in [6, 6.07) is 15.0. The molecule has 1 fully saturated rings. The van der Waals surface area contributed by atoms with Crippen LogP contribution in [0.25, 0.3) is 11.3 Å². The monoisotopic (exact) mass is 485 g/mol. The third-order valence-corrected chi connectivity index (χ3v) is 5.01. The molecule has 1 aliphatic rings. The zero-order chi connectivity index (χ0) is 24.8. The van der Waals surface area contributed by atoms with E-state index >= 15 is 0 Å². The second-order valence-electron chi connectivity index (χ2n) is 7.51. The Hall–Kier alpha value is -4.12. The van der Waals surface area contributed by atoms with Gasteiger partial charge in [0.1, 0.15) is 0 Å². The van der Waals surface area contributed by atoms with Crippen molar-refractivity contribution in [1.29, 1.82) is 0 Å². The summed E-state index contributed by atoms with van der Waals surface area (Å²) in [5.74, 6) is -1.18. The van der Waals surface area contributed by atoms with Gasteiger partial charge in [-0.05, 0) is 36.4 Å². The van der Waals surface area contributed by atoms with Gasteiger partial charge in [0.05, 0.1) is 18.9 Å². The van der Waals surface area contributed by atoms with E-state index in [2.05, 4.69) is 36.8 Å². The molecule has 0 atom stereocenters. The lowest BCUT2D eigenvalue weighted by atomic mass is 10.1. The summed E-state index contributed by atoms with van der Waals surface area (Å²) in [5, 5.41) is 5.57. The van der Waals surface area contributed by atoms with Gasteiger partial charge in [-0.2, -0.15) is 4.98 Å². The number of carbonyl (C=O) groups excluding carboxylic acids is 1. The first-order valence-corrected chi connectivity index (χ1v) is 10.7. The van der Waals surface area contributed by atoms with Crippen molar-refractivity contribution in [1.82, 2.24) is 9.97 Å². The molecular formula is C24H22F3N5O3. The number of nitrogens with zero attached hydrogens (tertiary/aromatic N) is 3. The largest absolute Gasteiger partial charge is 0.574 e. The highest BCUT2D eigenvalue weighted by molar-refractivity contribution is 5.99. The summed E-state index contributed by atoms with van der Waals surface area (Å²) >= 11 is 0. The number of carbonyl (C=O) groups is 1. The molecule has 1 aromatic heterocycles. The highest BCUT2D eigenvalue weighted by Gasteiger charge is 2.32. The number of anilines is 4. The first-order valence-electron chi connectivity index (χ1n) is 10.7. The predicted molar refractivity (Wildman–Crippen MR) is 126 cm³/mol. The number of hydrogen-bond acceptors (Lipinski definition) is 7. The summed E-state index contributed by atoms with van der Waals surface area (Å²) in [4.78, 5) is 22.0. The minimum absolute atomic E-state index is 0.0820. The number of ether oxygens (including phenoxy) is 2. The van der Waals surface area contributed by atoms with Crippen LogP contribution in [-0.4, -0.2) is 48.5 Å². The standard InChI is InChI=1S/C24H22F3N5O3/c1-2-21(33)28-17-6-3-5-16(13-17)20-15-22(35-24(25,26)27)31-23(30-20)29-18-7-4-8-19(14-18)32-9-11-34-12-10-32/h2-8,13-15H,1,9-12H2,(H,28,33)(H,29,30,31). The molecule has 1 amide bonds. The molecule has 2 N–H and O–H groups in total. The van der Waals surface area contributed by atoms with Gasteiger partial charge in [-0.15, -0.1) is 13.2 Å². The highest BCUT2D eigenvalue weighted by Crippen LogP contribution is 2.30. The van der Waals surface area contributed by atoms with Crippen LogP contribution in [0.15, 0.2) is 67.3 Å². The number of alkyl halides is 3. The molecule has 0 unspecified atom stereocenters. The quantitative estimate of drug-likeness (QED) is 0.467. The molecule has 182 valence electrons. The summed E-state index contributed by atoms with van der Waals surface area (Å²) in [5.41, 5.74) is 2.58. The third kappa shape index (κ3) is 6.70. The number of hydrogen-bond donors (Lipinski definition) is 2. The normalized spacial score (nSPS) is 13.7. The number of rotatable bonds is 7. The van der Waals surface area contributed by atoms with Gasteiger partial charge in [-0.3, -0.25) is 4.79 Å². The summed E-state index contributed by atoms with van der Waals surface area (Å²) in [7, 11) is 0. The van der Waals surface area contributed by atoms with Crippen LogP contribution in [0.4, 0.5) is 36.2 Å². The molecule has 0 aliphatic carbocycles. The van der Waals surface area contributed by atoms with Gasteiger partial charge in [0.15, 0.2) is 0 Å². The number of amides is 1. The molecule has 0 radical (unpaired) electrons. The maximum absolute atomic E-state index is 13.0. The van der Waals surface area contributed by atoms with Crippen molar-refractivity contribution in [2.45, 2.75) is 6.36 Å². The lowest BCUT2D eigenvalue weighted by molar-refractivity contribution is -0.276. The molecule has 0 saturated carbocycles. The van der Waals surface area contributed by atoms with Gasteiger partial charge >= 0.3 is 6.36 Å². The van der Waals surface area contributed by atoms with Crippen molar-refractivity contribution in [3.63, 3.8) is 0 Å². The number of halogens is 3. The van der Waals surface area contributed by atoms with Crippen LogP contribution in [0.2, 0.25) is 0 Å². The molecule has 1 aliphatic heterocycles. The molecule has 0 spiro atoms. The van der Waals surface area contributed by atoms with Crippen LogP contribution in [0.5, 0.6) is 5.88 Å². The first-order chi connectivity index (χ1) is 16.8. The summed E-state index contributed by atoms with van der Waals surface area (Å²) in [6.07, 6.45) is -3.82. The summed E-state index contributed by atoms with van der Waals surface area (Å²) in [6.45, 7) is 6.10. The Morgan fingerprint density at radius 2 is 1.80 bits per heavy atom. The van der Waals surface area contributed by atoms with Gasteiger partial charge in [-0.1, -0.05) is 24.8 Å². The van der Waals surface area contributed by atoms with Gasteiger partial charge in [0, 0.05) is 41.8 Å². The van der Waals surface area contributed by atoms with Crippen LogP contribution in [-0.2, 0) is 9.53 Å². The average molecular weight is 485 g/mol. The minimum atomic E-state index is -4.93. The molecule has 3 aromatic rings. The predicted octanol–water partition coefficient (Wildman–Crippen LogP) is 4.75. The Labute approximate surface area is 199 Å². The minimum Gasteiger partial charge on any atom is -0.388 e. The summed E-state index contributed by atoms with van der Waals surface area (Å²) < 4.78 is 48.3. The van der Waals surface area contributed by atoms with Crippen LogP contribution in [0.3, 0.4) is 0 Å². The first kappa shape index (κ1) is 24.0. The van der Waals surface area contributed by atoms with Crippen molar-refractivity contribution in [3.8, 4) is 17.1 Å². The zero-order valence-corrected chi connectivity index (χ0v) is 18.5. The molecule has 2 heterocycles. The van der Waals surface area contributed by atoms with E-state index in [9.17, 15) is 18.0 Å². The molecule has 8 nitrogen and oxygen atoms in total. The van der Waals surface area contributed by atoms with Crippen molar-refractivity contribution in [3.05, 3.63) is 67.3 Å². The maximum atomic E-state index is 13.0. The second kappa shape index (κ2) is 10.4. The zero-order valence-electron chi connectivity index (χ0n) is 18.5. The van der Waals surface area contributed by atoms with Crippen molar-refractivity contribution < 1.29 is 27.4 Å². The van der Waals surface area contributed by atoms with E-state index in [0.717, 1.165) is 30.9 Å². The molecule has 4 rings (SSSR count). The fourth-order valence-electron chi connectivity index (χ4n) is 3.48. The average Bonchev–Trinajstić information content (AvgIpc) is 2.83. The molecule has 35 heavy (non-hydrogen) atoms. The number of nitrogens with one attached hydrogen (secondary N) is 2. The van der Waals surface area contributed by atoms with Crippen molar-refractivity contribution in [2.75, 3.05) is 41.8 Å². The van der Waals surface area contributed by atoms with E-state index in [4.69, 9.17) is 4.74 Å². The van der Waals surface area contributed by atoms with Crippen LogP contribution >= 0.6 is 0 Å². The molecular weight excluding hydrogens is 463 g/mol. The Morgan fingerprint density at radius 3 is 2.54 bits per heavy atom. The fourth-order valence-corrected chi connectivity index (χ4v) is 3.48. The Morgan fingerprint density at radius 1 is 1.06 bits per heavy atom. The lowest BCUT2D eigenvalue weighted by Crippen LogP contribution is -2.36. The Balaban J connectivity index is 1.65.